The first-order valence-corrected chi connectivity index (χ1v) is 12.9. The van der Waals surface area contributed by atoms with Crippen molar-refractivity contribution >= 4 is 43.3 Å². The maximum atomic E-state index is 12.6. The Labute approximate surface area is 181 Å². The number of rotatable bonds is 9. The van der Waals surface area contributed by atoms with Crippen molar-refractivity contribution in [3.05, 3.63) is 29.3 Å². The number of amides is 1. The predicted octanol–water partition coefficient (Wildman–Crippen LogP) is 2.83. The zero-order chi connectivity index (χ0) is 21.7. The van der Waals surface area contributed by atoms with E-state index in [1.807, 2.05) is 38.1 Å². The highest BCUT2D eigenvalue weighted by Gasteiger charge is 2.35. The molecule has 1 unspecified atom stereocenters. The SMILES string of the molecule is CC(C)CN(C(=O)COC(=O)CCCc1nc2ccccc2s1)C1CCS(=O)(=O)C1. The molecule has 1 aliphatic heterocycles. The third-order valence-corrected chi connectivity index (χ3v) is 7.84. The van der Waals surface area contributed by atoms with Crippen molar-refractivity contribution in [1.29, 1.82) is 0 Å². The highest BCUT2D eigenvalue weighted by Crippen LogP contribution is 2.23. The average Bonchev–Trinajstić information content (AvgIpc) is 3.26. The van der Waals surface area contributed by atoms with Gasteiger partial charge in [-0.3, -0.25) is 9.59 Å². The van der Waals surface area contributed by atoms with Crippen LogP contribution in [0.1, 0.15) is 38.1 Å². The van der Waals surface area contributed by atoms with Crippen LogP contribution in [0.2, 0.25) is 0 Å². The molecular formula is C21H28N2O5S2. The fourth-order valence-corrected chi connectivity index (χ4v) is 6.32. The summed E-state index contributed by atoms with van der Waals surface area (Å²) in [5.41, 5.74) is 0.963. The lowest BCUT2D eigenvalue weighted by atomic mass is 10.1. The second-order valence-electron chi connectivity index (χ2n) is 8.09. The number of nitrogens with zero attached hydrogens (tertiary/aromatic N) is 2. The number of esters is 1. The summed E-state index contributed by atoms with van der Waals surface area (Å²) >= 11 is 1.62. The molecule has 0 bridgehead atoms. The normalized spacial score (nSPS) is 18.0. The third kappa shape index (κ3) is 6.25. The number of hydrogen-bond acceptors (Lipinski definition) is 7. The van der Waals surface area contributed by atoms with E-state index in [2.05, 4.69) is 4.98 Å². The largest absolute Gasteiger partial charge is 0.456 e. The van der Waals surface area contributed by atoms with Crippen LogP contribution in [0, 0.1) is 5.92 Å². The number of para-hydroxylation sites is 1. The Kier molecular flexibility index (Phi) is 7.46. The molecule has 9 heteroatoms. The van der Waals surface area contributed by atoms with Gasteiger partial charge in [0.15, 0.2) is 16.4 Å². The zero-order valence-corrected chi connectivity index (χ0v) is 19.0. The summed E-state index contributed by atoms with van der Waals surface area (Å²) in [7, 11) is -3.10. The molecule has 2 aromatic rings. The summed E-state index contributed by atoms with van der Waals surface area (Å²) in [6, 6.07) is 7.58. The first-order chi connectivity index (χ1) is 14.2. The van der Waals surface area contributed by atoms with Gasteiger partial charge in [0.05, 0.1) is 26.7 Å². The van der Waals surface area contributed by atoms with Crippen molar-refractivity contribution in [2.24, 2.45) is 5.92 Å². The van der Waals surface area contributed by atoms with E-state index in [1.165, 1.54) is 0 Å². The van der Waals surface area contributed by atoms with E-state index in [1.54, 1.807) is 16.2 Å². The minimum atomic E-state index is -3.10. The number of benzene rings is 1. The summed E-state index contributed by atoms with van der Waals surface area (Å²) in [6.07, 6.45) is 1.94. The van der Waals surface area contributed by atoms with E-state index in [4.69, 9.17) is 4.74 Å². The molecule has 1 fully saturated rings. The average molecular weight is 453 g/mol. The number of ether oxygens (including phenoxy) is 1. The van der Waals surface area contributed by atoms with Crippen molar-refractivity contribution in [1.82, 2.24) is 9.88 Å². The molecule has 164 valence electrons. The minimum Gasteiger partial charge on any atom is -0.456 e. The van der Waals surface area contributed by atoms with Gasteiger partial charge in [0, 0.05) is 19.0 Å². The summed E-state index contributed by atoms with van der Waals surface area (Å²) in [4.78, 5) is 30.8. The van der Waals surface area contributed by atoms with Gasteiger partial charge in [-0.1, -0.05) is 26.0 Å². The van der Waals surface area contributed by atoms with Crippen LogP contribution in [0.25, 0.3) is 10.2 Å². The Morgan fingerprint density at radius 1 is 1.30 bits per heavy atom. The molecule has 1 saturated heterocycles. The summed E-state index contributed by atoms with van der Waals surface area (Å²) in [5, 5.41) is 0.977. The number of aryl methyl sites for hydroxylation is 1. The standard InChI is InChI=1S/C21H28N2O5S2/c1-15(2)12-23(16-10-11-30(26,27)14-16)20(24)13-28-21(25)9-5-8-19-22-17-6-3-4-7-18(17)29-19/h3-4,6-7,15-16H,5,8-14H2,1-2H3. The lowest BCUT2D eigenvalue weighted by molar-refractivity contribution is -0.153. The van der Waals surface area contributed by atoms with E-state index < -0.39 is 15.8 Å². The Hall–Kier alpha value is -2.00. The van der Waals surface area contributed by atoms with Gasteiger partial charge in [-0.2, -0.15) is 0 Å². The van der Waals surface area contributed by atoms with Gasteiger partial charge in [0.25, 0.3) is 5.91 Å². The number of thiazole rings is 1. The number of sulfone groups is 1. The maximum absolute atomic E-state index is 12.6. The Morgan fingerprint density at radius 3 is 2.73 bits per heavy atom. The van der Waals surface area contributed by atoms with Crippen molar-refractivity contribution in [3.63, 3.8) is 0 Å². The molecule has 30 heavy (non-hydrogen) atoms. The Bertz CT molecular complexity index is 967. The Morgan fingerprint density at radius 2 is 2.07 bits per heavy atom. The number of hydrogen-bond donors (Lipinski definition) is 0. The van der Waals surface area contributed by atoms with Crippen LogP contribution in [0.3, 0.4) is 0 Å². The van der Waals surface area contributed by atoms with E-state index in [0.717, 1.165) is 15.2 Å². The molecular weight excluding hydrogens is 424 g/mol. The molecule has 3 rings (SSSR count). The molecule has 0 N–H and O–H groups in total. The van der Waals surface area contributed by atoms with Crippen LogP contribution in [0.5, 0.6) is 0 Å². The van der Waals surface area contributed by atoms with Crippen LogP contribution in [-0.4, -0.2) is 60.9 Å². The van der Waals surface area contributed by atoms with E-state index in [-0.39, 0.29) is 42.4 Å². The van der Waals surface area contributed by atoms with Crippen LogP contribution in [-0.2, 0) is 30.6 Å². The van der Waals surface area contributed by atoms with Crippen LogP contribution in [0.15, 0.2) is 24.3 Å². The summed E-state index contributed by atoms with van der Waals surface area (Å²) < 4.78 is 29.9. The van der Waals surface area contributed by atoms with Gasteiger partial charge in [-0.25, -0.2) is 13.4 Å². The molecule has 0 saturated carbocycles. The fourth-order valence-electron chi connectivity index (χ4n) is 3.58. The summed E-state index contributed by atoms with van der Waals surface area (Å²) in [6.45, 7) is 4.05. The van der Waals surface area contributed by atoms with Gasteiger partial charge in [-0.15, -0.1) is 11.3 Å². The van der Waals surface area contributed by atoms with E-state index in [9.17, 15) is 18.0 Å². The van der Waals surface area contributed by atoms with Gasteiger partial charge in [-0.05, 0) is 37.3 Å². The van der Waals surface area contributed by atoms with Gasteiger partial charge in [0.2, 0.25) is 0 Å². The highest BCUT2D eigenvalue weighted by molar-refractivity contribution is 7.91. The third-order valence-electron chi connectivity index (χ3n) is 5.00. The van der Waals surface area contributed by atoms with Crippen molar-refractivity contribution in [2.45, 2.75) is 45.6 Å². The molecule has 0 spiro atoms. The van der Waals surface area contributed by atoms with Crippen LogP contribution in [0.4, 0.5) is 0 Å². The second kappa shape index (κ2) is 9.87. The lowest BCUT2D eigenvalue weighted by Gasteiger charge is -2.29. The number of carbonyl (C=O) groups excluding carboxylic acids is 2. The van der Waals surface area contributed by atoms with Crippen molar-refractivity contribution in [2.75, 3.05) is 24.7 Å². The molecule has 1 aromatic carbocycles. The highest BCUT2D eigenvalue weighted by atomic mass is 32.2. The molecule has 0 aliphatic carbocycles. The summed E-state index contributed by atoms with van der Waals surface area (Å²) in [5.74, 6) is -0.466. The van der Waals surface area contributed by atoms with Crippen LogP contribution >= 0.6 is 11.3 Å². The fraction of sp³-hybridized carbons (Fsp3) is 0.571. The molecule has 1 aromatic heterocycles. The quantitative estimate of drug-likeness (QED) is 0.543. The molecule has 2 heterocycles. The topological polar surface area (TPSA) is 93.6 Å². The number of fused-ring (bicyclic) bond motifs is 1. The van der Waals surface area contributed by atoms with Gasteiger partial charge in [0.1, 0.15) is 0 Å². The monoisotopic (exact) mass is 452 g/mol. The van der Waals surface area contributed by atoms with E-state index in [0.29, 0.717) is 25.8 Å². The molecule has 0 radical (unpaired) electrons. The first-order valence-electron chi connectivity index (χ1n) is 10.2. The van der Waals surface area contributed by atoms with E-state index >= 15 is 0 Å². The molecule has 7 nitrogen and oxygen atoms in total. The van der Waals surface area contributed by atoms with Gasteiger partial charge >= 0.3 is 5.97 Å². The van der Waals surface area contributed by atoms with Gasteiger partial charge < -0.3 is 9.64 Å². The molecule has 1 atom stereocenters. The predicted molar refractivity (Wildman–Crippen MR) is 117 cm³/mol. The smallest absolute Gasteiger partial charge is 0.306 e. The number of aromatic nitrogens is 1. The van der Waals surface area contributed by atoms with Crippen molar-refractivity contribution in [3.8, 4) is 0 Å². The number of carbonyl (C=O) groups is 2. The first kappa shape index (κ1) is 22.7. The van der Waals surface area contributed by atoms with Crippen molar-refractivity contribution < 1.29 is 22.7 Å². The zero-order valence-electron chi connectivity index (χ0n) is 17.4. The second-order valence-corrected chi connectivity index (χ2v) is 11.4. The lowest BCUT2D eigenvalue weighted by Crippen LogP contribution is -2.45. The Balaban J connectivity index is 1.45. The maximum Gasteiger partial charge on any atom is 0.306 e. The molecule has 1 amide bonds. The molecule has 1 aliphatic rings. The minimum absolute atomic E-state index is 0.0123. The van der Waals surface area contributed by atoms with Crippen LogP contribution < -0.4 is 0 Å².